The van der Waals surface area contributed by atoms with Crippen molar-refractivity contribution >= 4 is 0 Å². The molecule has 19 heavy (non-hydrogen) atoms. The molecule has 4 unspecified atom stereocenters. The summed E-state index contributed by atoms with van der Waals surface area (Å²) in [5.74, 6) is 0.827. The number of hydrogen-bond acceptors (Lipinski definition) is 3. The lowest BCUT2D eigenvalue weighted by molar-refractivity contribution is -0.0394. The fourth-order valence-electron chi connectivity index (χ4n) is 5.28. The maximum absolute atomic E-state index is 6.31. The van der Waals surface area contributed by atoms with E-state index in [-0.39, 0.29) is 0 Å². The number of hydrogen-bond donors (Lipinski definition) is 1. The Bertz CT molecular complexity index is 319. The molecular formula is C16H31N3. The third-order valence-corrected chi connectivity index (χ3v) is 6.28. The van der Waals surface area contributed by atoms with Crippen LogP contribution in [0.4, 0.5) is 0 Å². The van der Waals surface area contributed by atoms with Crippen LogP contribution in [0.5, 0.6) is 0 Å². The van der Waals surface area contributed by atoms with E-state index in [2.05, 4.69) is 23.6 Å². The van der Waals surface area contributed by atoms with Crippen LogP contribution in [-0.2, 0) is 0 Å². The maximum atomic E-state index is 6.31. The highest BCUT2D eigenvalue weighted by molar-refractivity contribution is 5.06. The van der Waals surface area contributed by atoms with E-state index in [1.807, 2.05) is 0 Å². The van der Waals surface area contributed by atoms with Crippen LogP contribution in [0.3, 0.4) is 0 Å². The van der Waals surface area contributed by atoms with Crippen LogP contribution in [0.2, 0.25) is 0 Å². The molecule has 3 rings (SSSR count). The van der Waals surface area contributed by atoms with Gasteiger partial charge in [-0.1, -0.05) is 19.8 Å². The topological polar surface area (TPSA) is 32.5 Å². The molecule has 4 atom stereocenters. The zero-order valence-corrected chi connectivity index (χ0v) is 12.8. The van der Waals surface area contributed by atoms with Gasteiger partial charge in [-0.2, -0.15) is 0 Å². The van der Waals surface area contributed by atoms with Crippen LogP contribution in [0.15, 0.2) is 0 Å². The van der Waals surface area contributed by atoms with Crippen LogP contribution in [0, 0.1) is 5.92 Å². The number of nitrogens with zero attached hydrogens (tertiary/aromatic N) is 2. The Morgan fingerprint density at radius 3 is 2.79 bits per heavy atom. The van der Waals surface area contributed by atoms with Crippen molar-refractivity contribution in [2.24, 2.45) is 11.7 Å². The first-order valence-electron chi connectivity index (χ1n) is 8.42. The molecule has 2 saturated heterocycles. The van der Waals surface area contributed by atoms with Gasteiger partial charge in [0.1, 0.15) is 0 Å². The zero-order chi connectivity index (χ0) is 13.5. The zero-order valence-electron chi connectivity index (χ0n) is 12.8. The summed E-state index contributed by atoms with van der Waals surface area (Å²) in [6.45, 7) is 9.52. The molecule has 0 aromatic rings. The monoisotopic (exact) mass is 265 g/mol. The van der Waals surface area contributed by atoms with E-state index < -0.39 is 0 Å². The van der Waals surface area contributed by atoms with E-state index >= 15 is 0 Å². The van der Waals surface area contributed by atoms with Crippen molar-refractivity contribution in [3.63, 3.8) is 0 Å². The van der Waals surface area contributed by atoms with Gasteiger partial charge in [0.25, 0.3) is 0 Å². The fraction of sp³-hybridized carbons (Fsp3) is 1.00. The Morgan fingerprint density at radius 2 is 2.05 bits per heavy atom. The quantitative estimate of drug-likeness (QED) is 0.848. The van der Waals surface area contributed by atoms with E-state index in [1.165, 1.54) is 58.2 Å². The normalized spacial score (nSPS) is 44.7. The van der Waals surface area contributed by atoms with E-state index in [9.17, 15) is 0 Å². The lowest BCUT2D eigenvalue weighted by atomic mass is 9.81. The van der Waals surface area contributed by atoms with Gasteiger partial charge in [-0.15, -0.1) is 0 Å². The van der Waals surface area contributed by atoms with Gasteiger partial charge in [0.2, 0.25) is 0 Å². The van der Waals surface area contributed by atoms with Crippen LogP contribution in [0.1, 0.15) is 52.4 Å². The van der Waals surface area contributed by atoms with Crippen LogP contribution in [-0.4, -0.2) is 53.6 Å². The van der Waals surface area contributed by atoms with Gasteiger partial charge in [0.05, 0.1) is 0 Å². The Morgan fingerprint density at radius 1 is 1.21 bits per heavy atom. The molecule has 0 spiro atoms. The highest BCUT2D eigenvalue weighted by Crippen LogP contribution is 2.44. The number of piperazine rings is 1. The summed E-state index contributed by atoms with van der Waals surface area (Å²) in [6.07, 6.45) is 8.21. The number of nitrogens with two attached hydrogens (primary N) is 1. The molecule has 0 radical (unpaired) electrons. The Kier molecular flexibility index (Phi) is 3.89. The maximum Gasteiger partial charge on any atom is 0.0363 e. The van der Waals surface area contributed by atoms with Crippen molar-refractivity contribution in [2.75, 3.05) is 26.2 Å². The Labute approximate surface area is 118 Å². The van der Waals surface area contributed by atoms with E-state index in [0.717, 1.165) is 18.5 Å². The summed E-state index contributed by atoms with van der Waals surface area (Å²) in [6, 6.07) is 1.50. The van der Waals surface area contributed by atoms with Gasteiger partial charge >= 0.3 is 0 Å². The second-order valence-corrected chi connectivity index (χ2v) is 7.10. The standard InChI is InChI=1S/C16H31N3/c1-3-14-6-4-8-16(14,12-17)19-11-15-7-5-9-18(15)10-13(19)2/h13-15H,3-12,17H2,1-2H3. The molecule has 2 N–H and O–H groups in total. The number of fused-ring (bicyclic) bond motifs is 1. The second kappa shape index (κ2) is 5.34. The van der Waals surface area contributed by atoms with Crippen molar-refractivity contribution in [3.05, 3.63) is 0 Å². The first-order chi connectivity index (χ1) is 9.21. The average molecular weight is 265 g/mol. The van der Waals surface area contributed by atoms with Crippen molar-refractivity contribution in [1.29, 1.82) is 0 Å². The van der Waals surface area contributed by atoms with Crippen molar-refractivity contribution in [2.45, 2.75) is 70.0 Å². The summed E-state index contributed by atoms with van der Waals surface area (Å²) < 4.78 is 0. The minimum atomic E-state index is 0.322. The van der Waals surface area contributed by atoms with Gasteiger partial charge in [-0.3, -0.25) is 9.80 Å². The molecule has 1 saturated carbocycles. The lowest BCUT2D eigenvalue weighted by Crippen LogP contribution is -2.66. The molecule has 2 heterocycles. The average Bonchev–Trinajstić information content (AvgIpc) is 3.03. The lowest BCUT2D eigenvalue weighted by Gasteiger charge is -2.53. The minimum absolute atomic E-state index is 0.322. The molecule has 3 aliphatic rings. The van der Waals surface area contributed by atoms with Crippen LogP contribution >= 0.6 is 0 Å². The smallest absolute Gasteiger partial charge is 0.0363 e. The molecule has 0 aromatic carbocycles. The highest BCUT2D eigenvalue weighted by atomic mass is 15.4. The molecule has 2 aliphatic heterocycles. The largest absolute Gasteiger partial charge is 0.329 e. The van der Waals surface area contributed by atoms with Crippen molar-refractivity contribution in [3.8, 4) is 0 Å². The van der Waals surface area contributed by atoms with Gasteiger partial charge in [-0.25, -0.2) is 0 Å². The van der Waals surface area contributed by atoms with Gasteiger partial charge in [0.15, 0.2) is 0 Å². The number of rotatable bonds is 3. The van der Waals surface area contributed by atoms with E-state index in [0.29, 0.717) is 11.6 Å². The summed E-state index contributed by atoms with van der Waals surface area (Å²) in [7, 11) is 0. The SMILES string of the molecule is CCC1CCCC1(CN)N1CC2CCCN2CC1C. The first-order valence-corrected chi connectivity index (χ1v) is 8.42. The third kappa shape index (κ3) is 2.14. The van der Waals surface area contributed by atoms with Gasteiger partial charge < -0.3 is 5.73 Å². The summed E-state index contributed by atoms with van der Waals surface area (Å²) >= 11 is 0. The molecular weight excluding hydrogens is 234 g/mol. The molecule has 110 valence electrons. The predicted molar refractivity (Wildman–Crippen MR) is 80.2 cm³/mol. The van der Waals surface area contributed by atoms with Gasteiger partial charge in [-0.05, 0) is 45.1 Å². The van der Waals surface area contributed by atoms with Crippen LogP contribution in [0.25, 0.3) is 0 Å². The van der Waals surface area contributed by atoms with Gasteiger partial charge in [0, 0.05) is 37.3 Å². The first kappa shape index (κ1) is 13.8. The molecule has 0 bridgehead atoms. The summed E-state index contributed by atoms with van der Waals surface area (Å²) in [4.78, 5) is 5.56. The van der Waals surface area contributed by atoms with E-state index in [1.54, 1.807) is 0 Å². The third-order valence-electron chi connectivity index (χ3n) is 6.28. The van der Waals surface area contributed by atoms with Crippen molar-refractivity contribution < 1.29 is 0 Å². The van der Waals surface area contributed by atoms with Crippen LogP contribution < -0.4 is 5.73 Å². The molecule has 0 amide bonds. The summed E-state index contributed by atoms with van der Waals surface area (Å²) in [5.41, 5.74) is 6.63. The summed E-state index contributed by atoms with van der Waals surface area (Å²) in [5, 5.41) is 0. The van der Waals surface area contributed by atoms with Crippen molar-refractivity contribution in [1.82, 2.24) is 9.80 Å². The molecule has 1 aliphatic carbocycles. The molecule has 3 heteroatoms. The second-order valence-electron chi connectivity index (χ2n) is 7.10. The fourth-order valence-corrected chi connectivity index (χ4v) is 5.28. The highest BCUT2D eigenvalue weighted by Gasteiger charge is 2.49. The molecule has 3 fully saturated rings. The molecule has 0 aromatic heterocycles. The Balaban J connectivity index is 1.82. The Hall–Kier alpha value is -0.120. The minimum Gasteiger partial charge on any atom is -0.329 e. The predicted octanol–water partition coefficient (Wildman–Crippen LogP) is 2.06. The van der Waals surface area contributed by atoms with E-state index in [4.69, 9.17) is 5.73 Å². The molecule has 3 nitrogen and oxygen atoms in total.